The Bertz CT molecular complexity index is 448. The highest BCUT2D eigenvalue weighted by atomic mass is 32.2. The SMILES string of the molecule is CCN(CC(=O)Nc1ccc(OC)cc1)C(=O)CSC. The molecule has 110 valence electrons. The molecule has 6 heteroatoms. The van der Waals surface area contributed by atoms with Crippen LogP contribution in [-0.2, 0) is 9.59 Å². The van der Waals surface area contributed by atoms with E-state index in [4.69, 9.17) is 4.74 Å². The number of rotatable bonds is 7. The highest BCUT2D eigenvalue weighted by molar-refractivity contribution is 7.99. The Morgan fingerprint density at radius 3 is 2.45 bits per heavy atom. The number of carbonyl (C=O) groups is 2. The minimum Gasteiger partial charge on any atom is -0.497 e. The molecule has 0 bridgehead atoms. The van der Waals surface area contributed by atoms with Crippen molar-refractivity contribution in [2.24, 2.45) is 0 Å². The van der Waals surface area contributed by atoms with Crippen LogP contribution in [0, 0.1) is 0 Å². The van der Waals surface area contributed by atoms with Crippen LogP contribution < -0.4 is 10.1 Å². The molecule has 0 aromatic heterocycles. The lowest BCUT2D eigenvalue weighted by molar-refractivity contribution is -0.132. The molecule has 1 aromatic rings. The monoisotopic (exact) mass is 296 g/mol. The first-order valence-electron chi connectivity index (χ1n) is 6.31. The van der Waals surface area contributed by atoms with E-state index in [-0.39, 0.29) is 18.4 Å². The third-order valence-corrected chi connectivity index (χ3v) is 3.25. The first kappa shape index (κ1) is 16.4. The van der Waals surface area contributed by atoms with Crippen molar-refractivity contribution >= 4 is 29.3 Å². The Labute approximate surface area is 123 Å². The smallest absolute Gasteiger partial charge is 0.243 e. The fourth-order valence-electron chi connectivity index (χ4n) is 1.64. The van der Waals surface area contributed by atoms with Crippen LogP contribution in [-0.4, -0.2) is 48.9 Å². The number of likely N-dealkylation sites (N-methyl/N-ethyl adjacent to an activating group) is 1. The summed E-state index contributed by atoms with van der Waals surface area (Å²) in [5, 5.41) is 2.76. The number of anilines is 1. The Kier molecular flexibility index (Phi) is 6.93. The Morgan fingerprint density at radius 2 is 1.95 bits per heavy atom. The summed E-state index contributed by atoms with van der Waals surface area (Å²) in [4.78, 5) is 25.2. The van der Waals surface area contributed by atoms with Gasteiger partial charge in [0.1, 0.15) is 5.75 Å². The average Bonchev–Trinajstić information content (AvgIpc) is 2.45. The molecule has 1 N–H and O–H groups in total. The quantitative estimate of drug-likeness (QED) is 0.834. The van der Waals surface area contributed by atoms with E-state index in [9.17, 15) is 9.59 Å². The Balaban J connectivity index is 2.54. The number of carbonyl (C=O) groups excluding carboxylic acids is 2. The molecule has 0 spiro atoms. The standard InChI is InChI=1S/C14H20N2O3S/c1-4-16(14(18)10-20-3)9-13(17)15-11-5-7-12(19-2)8-6-11/h5-8H,4,9-10H2,1-3H3,(H,15,17). The van der Waals surface area contributed by atoms with Crippen molar-refractivity contribution in [3.05, 3.63) is 24.3 Å². The van der Waals surface area contributed by atoms with E-state index in [1.165, 1.54) is 16.7 Å². The summed E-state index contributed by atoms with van der Waals surface area (Å²) < 4.78 is 5.05. The molecule has 1 rings (SSSR count). The average molecular weight is 296 g/mol. The molecule has 2 amide bonds. The van der Waals surface area contributed by atoms with Crippen molar-refractivity contribution < 1.29 is 14.3 Å². The molecular weight excluding hydrogens is 276 g/mol. The van der Waals surface area contributed by atoms with E-state index in [1.54, 1.807) is 31.4 Å². The molecule has 0 unspecified atom stereocenters. The maximum absolute atomic E-state index is 11.9. The summed E-state index contributed by atoms with van der Waals surface area (Å²) in [6, 6.07) is 7.06. The van der Waals surface area contributed by atoms with Crippen molar-refractivity contribution in [2.75, 3.05) is 37.5 Å². The molecule has 0 aliphatic heterocycles. The van der Waals surface area contributed by atoms with Gasteiger partial charge in [0.25, 0.3) is 0 Å². The third kappa shape index (κ3) is 5.13. The van der Waals surface area contributed by atoms with Gasteiger partial charge >= 0.3 is 0 Å². The largest absolute Gasteiger partial charge is 0.497 e. The van der Waals surface area contributed by atoms with E-state index >= 15 is 0 Å². The normalized spacial score (nSPS) is 9.95. The summed E-state index contributed by atoms with van der Waals surface area (Å²) in [5.74, 6) is 0.897. The van der Waals surface area contributed by atoms with Gasteiger partial charge in [-0.25, -0.2) is 0 Å². The molecule has 1 aromatic carbocycles. The van der Waals surface area contributed by atoms with Gasteiger partial charge < -0.3 is 15.0 Å². The Morgan fingerprint density at radius 1 is 1.30 bits per heavy atom. The van der Waals surface area contributed by atoms with Crippen LogP contribution >= 0.6 is 11.8 Å². The summed E-state index contributed by atoms with van der Waals surface area (Å²) in [6.07, 6.45) is 1.86. The van der Waals surface area contributed by atoms with E-state index in [1.807, 2.05) is 13.2 Å². The zero-order valence-electron chi connectivity index (χ0n) is 12.0. The van der Waals surface area contributed by atoms with Crippen LogP contribution in [0.25, 0.3) is 0 Å². The molecule has 0 heterocycles. The van der Waals surface area contributed by atoms with Crippen LogP contribution in [0.15, 0.2) is 24.3 Å². The van der Waals surface area contributed by atoms with Crippen molar-refractivity contribution in [1.82, 2.24) is 4.90 Å². The minimum absolute atomic E-state index is 0.0233. The fraction of sp³-hybridized carbons (Fsp3) is 0.429. The molecule has 0 aliphatic rings. The molecule has 0 aliphatic carbocycles. The van der Waals surface area contributed by atoms with Gasteiger partial charge in [-0.3, -0.25) is 9.59 Å². The van der Waals surface area contributed by atoms with Crippen LogP contribution in [0.5, 0.6) is 5.75 Å². The molecular formula is C14H20N2O3S. The summed E-state index contributed by atoms with van der Waals surface area (Å²) >= 11 is 1.45. The number of ether oxygens (including phenoxy) is 1. The molecule has 0 saturated heterocycles. The van der Waals surface area contributed by atoms with Crippen molar-refractivity contribution in [3.63, 3.8) is 0 Å². The maximum atomic E-state index is 11.9. The number of methoxy groups -OCH3 is 1. The number of hydrogen-bond donors (Lipinski definition) is 1. The number of thioether (sulfide) groups is 1. The van der Waals surface area contributed by atoms with Crippen molar-refractivity contribution in [3.8, 4) is 5.75 Å². The van der Waals surface area contributed by atoms with Gasteiger partial charge in [0.05, 0.1) is 19.4 Å². The van der Waals surface area contributed by atoms with Crippen LogP contribution in [0.2, 0.25) is 0 Å². The zero-order chi connectivity index (χ0) is 15.0. The number of benzene rings is 1. The molecule has 0 fully saturated rings. The first-order valence-corrected chi connectivity index (χ1v) is 7.70. The number of nitrogens with one attached hydrogen (secondary N) is 1. The van der Waals surface area contributed by atoms with Crippen molar-refractivity contribution in [2.45, 2.75) is 6.92 Å². The lowest BCUT2D eigenvalue weighted by atomic mass is 10.3. The minimum atomic E-state index is -0.202. The molecule has 0 radical (unpaired) electrons. The second-order valence-corrected chi connectivity index (χ2v) is 4.98. The van der Waals surface area contributed by atoms with Gasteiger partial charge in [0.15, 0.2) is 0 Å². The van der Waals surface area contributed by atoms with E-state index in [0.29, 0.717) is 18.0 Å². The molecule has 0 saturated carbocycles. The van der Waals surface area contributed by atoms with E-state index in [2.05, 4.69) is 5.32 Å². The Hall–Kier alpha value is -1.69. The van der Waals surface area contributed by atoms with Gasteiger partial charge in [0.2, 0.25) is 11.8 Å². The van der Waals surface area contributed by atoms with Crippen LogP contribution in [0.3, 0.4) is 0 Å². The highest BCUT2D eigenvalue weighted by Crippen LogP contribution is 2.14. The zero-order valence-corrected chi connectivity index (χ0v) is 12.8. The fourth-order valence-corrected chi connectivity index (χ4v) is 2.07. The number of nitrogens with zero attached hydrogens (tertiary/aromatic N) is 1. The summed E-state index contributed by atoms with van der Waals surface area (Å²) in [6.45, 7) is 2.45. The predicted molar refractivity (Wildman–Crippen MR) is 82.3 cm³/mol. The van der Waals surface area contributed by atoms with Gasteiger partial charge in [0, 0.05) is 12.2 Å². The number of amides is 2. The molecule has 0 atom stereocenters. The predicted octanol–water partition coefficient (Wildman–Crippen LogP) is 1.85. The van der Waals surface area contributed by atoms with Gasteiger partial charge in [-0.2, -0.15) is 11.8 Å². The maximum Gasteiger partial charge on any atom is 0.243 e. The van der Waals surface area contributed by atoms with Crippen LogP contribution in [0.1, 0.15) is 6.92 Å². The second-order valence-electron chi connectivity index (χ2n) is 4.12. The highest BCUT2D eigenvalue weighted by Gasteiger charge is 2.14. The third-order valence-electron chi connectivity index (χ3n) is 2.71. The lowest BCUT2D eigenvalue weighted by Gasteiger charge is -2.19. The topological polar surface area (TPSA) is 58.6 Å². The van der Waals surface area contributed by atoms with Gasteiger partial charge in [-0.15, -0.1) is 0 Å². The second kappa shape index (κ2) is 8.47. The van der Waals surface area contributed by atoms with E-state index in [0.717, 1.165) is 5.75 Å². The number of hydrogen-bond acceptors (Lipinski definition) is 4. The first-order chi connectivity index (χ1) is 9.60. The van der Waals surface area contributed by atoms with Gasteiger partial charge in [-0.05, 0) is 37.4 Å². The van der Waals surface area contributed by atoms with Crippen LogP contribution in [0.4, 0.5) is 5.69 Å². The molecule has 5 nitrogen and oxygen atoms in total. The lowest BCUT2D eigenvalue weighted by Crippen LogP contribution is -2.38. The van der Waals surface area contributed by atoms with Gasteiger partial charge in [-0.1, -0.05) is 0 Å². The summed E-state index contributed by atoms with van der Waals surface area (Å²) in [5.41, 5.74) is 0.684. The van der Waals surface area contributed by atoms with Crippen molar-refractivity contribution in [1.29, 1.82) is 0 Å². The van der Waals surface area contributed by atoms with E-state index < -0.39 is 0 Å². The summed E-state index contributed by atoms with van der Waals surface area (Å²) in [7, 11) is 1.59. The molecule has 20 heavy (non-hydrogen) atoms.